The average Bonchev–Trinajstić information content (AvgIpc) is 3.41. The molecule has 6 nitrogen and oxygen atoms in total. The van der Waals surface area contributed by atoms with E-state index in [0.717, 1.165) is 58.1 Å². The lowest BCUT2D eigenvalue weighted by atomic mass is 9.95. The van der Waals surface area contributed by atoms with Gasteiger partial charge < -0.3 is 9.47 Å². The van der Waals surface area contributed by atoms with E-state index in [1.807, 2.05) is 42.3 Å². The van der Waals surface area contributed by atoms with Gasteiger partial charge in [-0.05, 0) is 56.9 Å². The monoisotopic (exact) mass is 452 g/mol. The molecular weight excluding hydrogens is 427 g/mol. The van der Waals surface area contributed by atoms with Gasteiger partial charge in [0.2, 0.25) is 5.69 Å². The Kier molecular flexibility index (Phi) is 5.60. The summed E-state index contributed by atoms with van der Waals surface area (Å²) in [5.41, 5.74) is 5.34. The van der Waals surface area contributed by atoms with Crippen LogP contribution in [0.2, 0.25) is 0 Å². The number of pyridine rings is 1. The van der Waals surface area contributed by atoms with E-state index in [0.29, 0.717) is 5.56 Å². The molecule has 0 bridgehead atoms. The summed E-state index contributed by atoms with van der Waals surface area (Å²) >= 11 is 0. The summed E-state index contributed by atoms with van der Waals surface area (Å²) < 4.78 is 18.7. The van der Waals surface area contributed by atoms with Gasteiger partial charge in [0.05, 0.1) is 35.7 Å². The first-order chi connectivity index (χ1) is 16.5. The van der Waals surface area contributed by atoms with Gasteiger partial charge >= 0.3 is 0 Å². The number of hydrogen-bond donors (Lipinski definition) is 0. The van der Waals surface area contributed by atoms with Crippen LogP contribution in [0.3, 0.4) is 0 Å². The van der Waals surface area contributed by atoms with Gasteiger partial charge in [-0.3, -0.25) is 9.67 Å². The standard InChI is InChI=1S/C27H25FN6/c1-29-23-8-6-18(15-22(23)28)26-21-10-13-34(12-5-11-32(2)3)25(21)17-30-27(26)19-7-9-24-20(14-19)16-31-33(24)4/h6-10,13-17H,5,11-12H2,2-4H3. The molecule has 170 valence electrons. The molecule has 7 heteroatoms. The molecule has 3 heterocycles. The Bertz CT molecular complexity index is 1550. The zero-order valence-corrected chi connectivity index (χ0v) is 19.5. The Balaban J connectivity index is 1.70. The van der Waals surface area contributed by atoms with E-state index in [9.17, 15) is 4.39 Å². The Morgan fingerprint density at radius 3 is 2.62 bits per heavy atom. The van der Waals surface area contributed by atoms with E-state index in [-0.39, 0.29) is 5.69 Å². The number of fused-ring (bicyclic) bond motifs is 2. The molecule has 0 aliphatic rings. The van der Waals surface area contributed by atoms with Crippen molar-refractivity contribution in [2.45, 2.75) is 13.0 Å². The SMILES string of the molecule is [C-]#[N+]c1ccc(-c2c(-c3ccc4c(cnn4C)c3)ncc3c2ccn3CCCN(C)C)cc1F. The van der Waals surface area contributed by atoms with E-state index < -0.39 is 5.82 Å². The number of hydrogen-bond acceptors (Lipinski definition) is 3. The molecular formula is C27H25FN6. The predicted octanol–water partition coefficient (Wildman–Crippen LogP) is 5.90. The Labute approximate surface area is 197 Å². The molecule has 34 heavy (non-hydrogen) atoms. The van der Waals surface area contributed by atoms with Crippen molar-refractivity contribution >= 4 is 27.5 Å². The van der Waals surface area contributed by atoms with Crippen molar-refractivity contribution in [3.63, 3.8) is 0 Å². The molecule has 0 unspecified atom stereocenters. The second kappa shape index (κ2) is 8.73. The summed E-state index contributed by atoms with van der Waals surface area (Å²) in [6.07, 6.45) is 6.83. The van der Waals surface area contributed by atoms with Crippen LogP contribution in [0.5, 0.6) is 0 Å². The minimum absolute atomic E-state index is 0.0171. The van der Waals surface area contributed by atoms with E-state index in [4.69, 9.17) is 11.6 Å². The molecule has 0 spiro atoms. The van der Waals surface area contributed by atoms with Crippen molar-refractivity contribution in [3.8, 4) is 22.4 Å². The van der Waals surface area contributed by atoms with Crippen molar-refractivity contribution in [1.82, 2.24) is 24.2 Å². The maximum atomic E-state index is 14.7. The van der Waals surface area contributed by atoms with Crippen LogP contribution >= 0.6 is 0 Å². The van der Waals surface area contributed by atoms with Gasteiger partial charge in [-0.1, -0.05) is 18.2 Å². The molecule has 2 aromatic carbocycles. The van der Waals surface area contributed by atoms with Crippen LogP contribution in [0, 0.1) is 12.4 Å². The van der Waals surface area contributed by atoms with E-state index in [2.05, 4.69) is 51.8 Å². The van der Waals surface area contributed by atoms with Gasteiger partial charge in [0.25, 0.3) is 0 Å². The van der Waals surface area contributed by atoms with E-state index in [1.165, 1.54) is 6.07 Å². The third kappa shape index (κ3) is 3.82. The smallest absolute Gasteiger partial charge is 0.222 e. The lowest BCUT2D eigenvalue weighted by Crippen LogP contribution is -2.14. The Morgan fingerprint density at radius 1 is 1.03 bits per heavy atom. The predicted molar refractivity (Wildman–Crippen MR) is 134 cm³/mol. The fourth-order valence-electron chi connectivity index (χ4n) is 4.49. The normalized spacial score (nSPS) is 11.5. The maximum absolute atomic E-state index is 14.7. The third-order valence-corrected chi connectivity index (χ3v) is 6.21. The summed E-state index contributed by atoms with van der Waals surface area (Å²) in [5, 5.41) is 6.38. The van der Waals surface area contributed by atoms with Crippen LogP contribution in [0.4, 0.5) is 10.1 Å². The first-order valence-electron chi connectivity index (χ1n) is 11.2. The number of halogens is 1. The Morgan fingerprint density at radius 2 is 1.85 bits per heavy atom. The second-order valence-electron chi connectivity index (χ2n) is 8.77. The highest BCUT2D eigenvalue weighted by Gasteiger charge is 2.18. The fourth-order valence-corrected chi connectivity index (χ4v) is 4.49. The average molecular weight is 453 g/mol. The molecule has 0 aliphatic heterocycles. The third-order valence-electron chi connectivity index (χ3n) is 6.21. The summed E-state index contributed by atoms with van der Waals surface area (Å²) in [5.74, 6) is -0.524. The lowest BCUT2D eigenvalue weighted by molar-refractivity contribution is 0.388. The number of nitrogens with zero attached hydrogens (tertiary/aromatic N) is 6. The van der Waals surface area contributed by atoms with Crippen molar-refractivity contribution in [2.24, 2.45) is 7.05 Å². The summed E-state index contributed by atoms with van der Waals surface area (Å²) in [6, 6.07) is 13.0. The van der Waals surface area contributed by atoms with Crippen LogP contribution in [0.25, 0.3) is 49.0 Å². The van der Waals surface area contributed by atoms with Gasteiger partial charge in [-0.25, -0.2) is 9.24 Å². The number of aromatic nitrogens is 4. The summed E-state index contributed by atoms with van der Waals surface area (Å²) in [7, 11) is 6.05. The molecule has 0 aliphatic carbocycles. The van der Waals surface area contributed by atoms with Crippen molar-refractivity contribution < 1.29 is 4.39 Å². The highest BCUT2D eigenvalue weighted by atomic mass is 19.1. The maximum Gasteiger partial charge on any atom is 0.222 e. The minimum atomic E-state index is -0.524. The second-order valence-corrected chi connectivity index (χ2v) is 8.77. The molecule has 0 atom stereocenters. The topological polar surface area (TPSA) is 43.2 Å². The van der Waals surface area contributed by atoms with Gasteiger partial charge in [0, 0.05) is 41.7 Å². The lowest BCUT2D eigenvalue weighted by Gasteiger charge is -2.14. The van der Waals surface area contributed by atoms with Gasteiger partial charge in [0.15, 0.2) is 0 Å². The van der Waals surface area contributed by atoms with Gasteiger partial charge in [-0.15, -0.1) is 0 Å². The molecule has 0 radical (unpaired) electrons. The molecule has 0 saturated heterocycles. The summed E-state index contributed by atoms with van der Waals surface area (Å²) in [6.45, 7) is 9.06. The molecule has 3 aromatic heterocycles. The molecule has 0 fully saturated rings. The minimum Gasteiger partial charge on any atom is -0.346 e. The molecule has 0 saturated carbocycles. The first kappa shape index (κ1) is 21.8. The number of rotatable bonds is 6. The Hall–Kier alpha value is -4.02. The fraction of sp³-hybridized carbons (Fsp3) is 0.222. The van der Waals surface area contributed by atoms with Crippen molar-refractivity contribution in [3.05, 3.63) is 78.3 Å². The molecule has 0 N–H and O–H groups in total. The van der Waals surface area contributed by atoms with Crippen LogP contribution in [0.15, 0.2) is 61.1 Å². The van der Waals surface area contributed by atoms with Crippen molar-refractivity contribution in [1.29, 1.82) is 0 Å². The quantitative estimate of drug-likeness (QED) is 0.301. The first-order valence-corrected chi connectivity index (χ1v) is 11.2. The van der Waals surface area contributed by atoms with Crippen molar-refractivity contribution in [2.75, 3.05) is 20.6 Å². The zero-order chi connectivity index (χ0) is 23.8. The molecule has 5 rings (SSSR count). The highest BCUT2D eigenvalue weighted by Crippen LogP contribution is 2.39. The van der Waals surface area contributed by atoms with Gasteiger partial charge in [0.1, 0.15) is 5.82 Å². The largest absolute Gasteiger partial charge is 0.346 e. The number of aryl methyl sites for hydroxylation is 2. The zero-order valence-electron chi connectivity index (χ0n) is 19.5. The van der Waals surface area contributed by atoms with Crippen LogP contribution in [-0.4, -0.2) is 44.9 Å². The highest BCUT2D eigenvalue weighted by molar-refractivity contribution is 6.02. The summed E-state index contributed by atoms with van der Waals surface area (Å²) in [4.78, 5) is 10.3. The van der Waals surface area contributed by atoms with Crippen LogP contribution in [-0.2, 0) is 13.6 Å². The molecule has 0 amide bonds. The van der Waals surface area contributed by atoms with Crippen LogP contribution in [0.1, 0.15) is 6.42 Å². The number of benzene rings is 2. The van der Waals surface area contributed by atoms with Gasteiger partial charge in [-0.2, -0.15) is 5.10 Å². The van der Waals surface area contributed by atoms with Crippen LogP contribution < -0.4 is 0 Å². The van der Waals surface area contributed by atoms with E-state index >= 15 is 0 Å². The van der Waals surface area contributed by atoms with E-state index in [1.54, 1.807) is 6.07 Å². The molecule has 5 aromatic rings.